The minimum Gasteiger partial charge on any atom is -0.480 e. The molecule has 0 radical (unpaired) electrons. The molecule has 4 nitrogen and oxygen atoms in total. The molecule has 0 saturated heterocycles. The minimum absolute atomic E-state index is 0.0225. The van der Waals surface area contributed by atoms with Gasteiger partial charge in [0.25, 0.3) is 0 Å². The van der Waals surface area contributed by atoms with E-state index in [1.54, 1.807) is 0 Å². The molecule has 18 heavy (non-hydrogen) atoms. The summed E-state index contributed by atoms with van der Waals surface area (Å²) in [5.41, 5.74) is 0. The van der Waals surface area contributed by atoms with Crippen molar-refractivity contribution in [1.29, 1.82) is 0 Å². The van der Waals surface area contributed by atoms with Crippen molar-refractivity contribution in [2.75, 3.05) is 0 Å². The lowest BCUT2D eigenvalue weighted by atomic mass is 9.88. The number of carboxylic acid groups (broad SMARTS) is 1. The second-order valence-corrected chi connectivity index (χ2v) is 5.82. The molecule has 0 spiro atoms. The van der Waals surface area contributed by atoms with Crippen LogP contribution < -0.4 is 5.32 Å². The highest BCUT2D eigenvalue weighted by molar-refractivity contribution is 5.85. The van der Waals surface area contributed by atoms with Crippen molar-refractivity contribution in [2.45, 2.75) is 57.9 Å². The summed E-state index contributed by atoms with van der Waals surface area (Å²) in [5, 5.41) is 11.8. The van der Waals surface area contributed by atoms with Gasteiger partial charge in [-0.05, 0) is 37.5 Å². The van der Waals surface area contributed by atoms with E-state index in [-0.39, 0.29) is 11.8 Å². The number of unbranched alkanes of at least 4 members (excludes halogenated alkanes) is 1. The molecule has 0 aromatic heterocycles. The average molecular weight is 253 g/mol. The van der Waals surface area contributed by atoms with E-state index >= 15 is 0 Å². The zero-order valence-corrected chi connectivity index (χ0v) is 11.0. The van der Waals surface area contributed by atoms with Gasteiger partial charge in [-0.1, -0.05) is 26.2 Å². The quantitative estimate of drug-likeness (QED) is 0.762. The van der Waals surface area contributed by atoms with Gasteiger partial charge in [0.05, 0.1) is 0 Å². The maximum Gasteiger partial charge on any atom is 0.326 e. The van der Waals surface area contributed by atoms with Crippen LogP contribution in [0.4, 0.5) is 0 Å². The Balaban J connectivity index is 1.86. The van der Waals surface area contributed by atoms with E-state index in [0.717, 1.165) is 25.7 Å². The summed E-state index contributed by atoms with van der Waals surface area (Å²) in [4.78, 5) is 23.2. The Kier molecular flexibility index (Phi) is 4.25. The van der Waals surface area contributed by atoms with Crippen molar-refractivity contribution >= 4 is 11.9 Å². The number of fused-ring (bicyclic) bond motifs is 2. The predicted octanol–water partition coefficient (Wildman–Crippen LogP) is 2.18. The number of carbonyl (C=O) groups excluding carboxylic acids is 1. The van der Waals surface area contributed by atoms with Crippen LogP contribution in [0.3, 0.4) is 0 Å². The van der Waals surface area contributed by atoms with Crippen LogP contribution in [0.5, 0.6) is 0 Å². The third kappa shape index (κ3) is 2.85. The fourth-order valence-electron chi connectivity index (χ4n) is 3.51. The molecule has 2 rings (SSSR count). The zero-order chi connectivity index (χ0) is 13.1. The largest absolute Gasteiger partial charge is 0.480 e. The fourth-order valence-corrected chi connectivity index (χ4v) is 3.51. The second-order valence-electron chi connectivity index (χ2n) is 5.82. The van der Waals surface area contributed by atoms with Crippen LogP contribution in [0.1, 0.15) is 51.9 Å². The van der Waals surface area contributed by atoms with Gasteiger partial charge in [0.1, 0.15) is 6.04 Å². The monoisotopic (exact) mass is 253 g/mol. The summed E-state index contributed by atoms with van der Waals surface area (Å²) in [6.45, 7) is 2.02. The maximum absolute atomic E-state index is 12.1. The fraction of sp³-hybridized carbons (Fsp3) is 0.857. The summed E-state index contributed by atoms with van der Waals surface area (Å²) in [6, 6.07) is -0.698. The molecule has 4 heteroatoms. The Morgan fingerprint density at radius 3 is 2.61 bits per heavy atom. The molecular formula is C14H23NO3. The number of aliphatic carboxylic acids is 1. The minimum atomic E-state index is -0.903. The summed E-state index contributed by atoms with van der Waals surface area (Å²) in [5.74, 6) is 0.373. The van der Waals surface area contributed by atoms with Crippen LogP contribution >= 0.6 is 0 Å². The van der Waals surface area contributed by atoms with E-state index in [1.165, 1.54) is 12.8 Å². The first-order valence-electron chi connectivity index (χ1n) is 7.15. The second kappa shape index (κ2) is 5.72. The van der Waals surface area contributed by atoms with Crippen molar-refractivity contribution in [3.8, 4) is 0 Å². The topological polar surface area (TPSA) is 66.4 Å². The lowest BCUT2D eigenvalue weighted by molar-refractivity contribution is -0.143. The van der Waals surface area contributed by atoms with Crippen LogP contribution in [0, 0.1) is 17.8 Å². The van der Waals surface area contributed by atoms with Gasteiger partial charge in [0.15, 0.2) is 0 Å². The summed E-state index contributed by atoms with van der Waals surface area (Å²) in [7, 11) is 0. The molecule has 4 atom stereocenters. The van der Waals surface area contributed by atoms with E-state index in [4.69, 9.17) is 5.11 Å². The first-order valence-corrected chi connectivity index (χ1v) is 7.15. The molecule has 2 aliphatic carbocycles. The Labute approximate surface area is 108 Å². The lowest BCUT2D eigenvalue weighted by Gasteiger charge is -2.23. The third-order valence-corrected chi connectivity index (χ3v) is 4.54. The first kappa shape index (κ1) is 13.4. The highest BCUT2D eigenvalue weighted by atomic mass is 16.4. The van der Waals surface area contributed by atoms with Gasteiger partial charge in [0, 0.05) is 5.92 Å². The average Bonchev–Trinajstić information content (AvgIpc) is 2.95. The van der Waals surface area contributed by atoms with E-state index in [9.17, 15) is 9.59 Å². The van der Waals surface area contributed by atoms with Gasteiger partial charge >= 0.3 is 5.97 Å². The lowest BCUT2D eigenvalue weighted by Crippen LogP contribution is -2.44. The number of nitrogens with one attached hydrogen (secondary N) is 1. The van der Waals surface area contributed by atoms with Crippen molar-refractivity contribution in [3.05, 3.63) is 0 Å². The van der Waals surface area contributed by atoms with Crippen LogP contribution in [0.25, 0.3) is 0 Å². The van der Waals surface area contributed by atoms with Crippen molar-refractivity contribution in [3.63, 3.8) is 0 Å². The summed E-state index contributed by atoms with van der Waals surface area (Å²) >= 11 is 0. The van der Waals surface area contributed by atoms with E-state index in [1.807, 2.05) is 6.92 Å². The number of rotatable bonds is 6. The standard InChI is InChI=1S/C14H23NO3/c1-2-3-4-12(14(17)18)15-13(16)11-8-9-5-6-10(11)7-9/h9-12H,2-8H2,1H3,(H,15,16)(H,17,18)/t9?,10?,11?,12-/m0/s1. The Bertz CT molecular complexity index is 329. The Hall–Kier alpha value is -1.06. The number of carbonyl (C=O) groups is 2. The third-order valence-electron chi connectivity index (χ3n) is 4.54. The van der Waals surface area contributed by atoms with Gasteiger partial charge in [-0.2, -0.15) is 0 Å². The number of amides is 1. The molecule has 2 N–H and O–H groups in total. The summed E-state index contributed by atoms with van der Waals surface area (Å²) < 4.78 is 0. The Morgan fingerprint density at radius 2 is 2.11 bits per heavy atom. The maximum atomic E-state index is 12.1. The van der Waals surface area contributed by atoms with E-state index in [0.29, 0.717) is 18.3 Å². The molecule has 3 unspecified atom stereocenters. The van der Waals surface area contributed by atoms with Crippen molar-refractivity contribution < 1.29 is 14.7 Å². The smallest absolute Gasteiger partial charge is 0.326 e. The molecule has 2 aliphatic rings. The van der Waals surface area contributed by atoms with Crippen LogP contribution in [0.15, 0.2) is 0 Å². The zero-order valence-electron chi connectivity index (χ0n) is 11.0. The van der Waals surface area contributed by atoms with E-state index in [2.05, 4.69) is 5.32 Å². The normalized spacial score (nSPS) is 31.3. The molecule has 0 aromatic carbocycles. The van der Waals surface area contributed by atoms with Gasteiger partial charge in [0.2, 0.25) is 5.91 Å². The van der Waals surface area contributed by atoms with Gasteiger partial charge in [-0.15, -0.1) is 0 Å². The predicted molar refractivity (Wildman–Crippen MR) is 68.0 cm³/mol. The molecular weight excluding hydrogens is 230 g/mol. The SMILES string of the molecule is CCCC[C@H](NC(=O)C1CC2CCC1C2)C(=O)O. The van der Waals surface area contributed by atoms with Gasteiger partial charge in [-0.25, -0.2) is 4.79 Å². The number of hydrogen-bond donors (Lipinski definition) is 2. The Morgan fingerprint density at radius 1 is 1.33 bits per heavy atom. The molecule has 2 fully saturated rings. The summed E-state index contributed by atoms with van der Waals surface area (Å²) in [6.07, 6.45) is 6.88. The molecule has 0 heterocycles. The van der Waals surface area contributed by atoms with Gasteiger partial charge < -0.3 is 10.4 Å². The molecule has 0 aliphatic heterocycles. The molecule has 102 valence electrons. The molecule has 2 saturated carbocycles. The van der Waals surface area contributed by atoms with Gasteiger partial charge in [-0.3, -0.25) is 4.79 Å². The molecule has 1 amide bonds. The van der Waals surface area contributed by atoms with Crippen LogP contribution in [-0.4, -0.2) is 23.0 Å². The molecule has 0 aromatic rings. The highest BCUT2D eigenvalue weighted by Crippen LogP contribution is 2.48. The van der Waals surface area contributed by atoms with Crippen molar-refractivity contribution in [2.24, 2.45) is 17.8 Å². The van der Waals surface area contributed by atoms with Crippen LogP contribution in [0.2, 0.25) is 0 Å². The van der Waals surface area contributed by atoms with Crippen LogP contribution in [-0.2, 0) is 9.59 Å². The highest BCUT2D eigenvalue weighted by Gasteiger charge is 2.43. The number of carboxylic acids is 1. The van der Waals surface area contributed by atoms with Crippen molar-refractivity contribution in [1.82, 2.24) is 5.32 Å². The number of hydrogen-bond acceptors (Lipinski definition) is 2. The first-order chi connectivity index (χ1) is 8.61. The van der Waals surface area contributed by atoms with E-state index < -0.39 is 12.0 Å². The molecule has 2 bridgehead atoms.